The van der Waals surface area contributed by atoms with Crippen molar-refractivity contribution in [2.24, 2.45) is 0 Å². The van der Waals surface area contributed by atoms with Crippen LogP contribution in [0.3, 0.4) is 0 Å². The predicted octanol–water partition coefficient (Wildman–Crippen LogP) is 4.33. The minimum Gasteiger partial charge on any atom is -0.366 e. The third-order valence-corrected chi connectivity index (χ3v) is 6.44. The standard InChI is InChI=1S/C23H21N5O3/c1-15-5-7-16(8-6-15)21-25-22(31-26-21)23(14-24)13-17-12-18(28(29)30)9-10-19(17)27-11-3-2-4-20(23)27/h5-10,12,20H,2-4,11,13H2,1H3/t20-,23+/m0/s1. The molecule has 1 fully saturated rings. The molecule has 156 valence electrons. The van der Waals surface area contributed by atoms with E-state index in [1.54, 1.807) is 12.1 Å². The number of nitrogens with zero attached hydrogens (tertiary/aromatic N) is 5. The number of nitro benzene ring substituents is 1. The number of hydrogen-bond acceptors (Lipinski definition) is 7. The zero-order valence-corrected chi connectivity index (χ0v) is 17.1. The number of fused-ring (bicyclic) bond motifs is 3. The quantitative estimate of drug-likeness (QED) is 0.462. The van der Waals surface area contributed by atoms with Crippen LogP contribution < -0.4 is 4.90 Å². The molecule has 2 aromatic carbocycles. The third kappa shape index (κ3) is 3.05. The topological polar surface area (TPSA) is 109 Å². The van der Waals surface area contributed by atoms with E-state index in [1.165, 1.54) is 6.07 Å². The zero-order chi connectivity index (χ0) is 21.6. The maximum Gasteiger partial charge on any atom is 0.269 e. The summed E-state index contributed by atoms with van der Waals surface area (Å²) in [5.74, 6) is 0.719. The van der Waals surface area contributed by atoms with Crippen LogP contribution in [0.4, 0.5) is 11.4 Å². The highest BCUT2D eigenvalue weighted by Gasteiger charge is 2.53. The lowest BCUT2D eigenvalue weighted by molar-refractivity contribution is -0.384. The Morgan fingerprint density at radius 1 is 1.26 bits per heavy atom. The van der Waals surface area contributed by atoms with Gasteiger partial charge < -0.3 is 9.42 Å². The molecule has 0 spiro atoms. The lowest BCUT2D eigenvalue weighted by atomic mass is 9.69. The second kappa shape index (κ2) is 7.20. The predicted molar refractivity (Wildman–Crippen MR) is 114 cm³/mol. The first-order valence-corrected chi connectivity index (χ1v) is 10.4. The molecule has 2 aliphatic rings. The molecule has 5 rings (SSSR count). The third-order valence-electron chi connectivity index (χ3n) is 6.44. The summed E-state index contributed by atoms with van der Waals surface area (Å²) in [7, 11) is 0. The van der Waals surface area contributed by atoms with Gasteiger partial charge in [-0.3, -0.25) is 10.1 Å². The van der Waals surface area contributed by atoms with Gasteiger partial charge in [-0.25, -0.2) is 0 Å². The molecule has 8 nitrogen and oxygen atoms in total. The number of nitro groups is 1. The first-order valence-electron chi connectivity index (χ1n) is 10.4. The van der Waals surface area contributed by atoms with E-state index in [-0.39, 0.29) is 17.6 Å². The lowest BCUT2D eigenvalue weighted by Gasteiger charge is -2.48. The SMILES string of the molecule is Cc1ccc(-c2noc([C@@]3(C#N)Cc4cc([N+](=O)[O-])ccc4N4CCCC[C@H]43)n2)cc1. The second-order valence-electron chi connectivity index (χ2n) is 8.32. The van der Waals surface area contributed by atoms with Crippen LogP contribution in [0.1, 0.15) is 36.3 Å². The summed E-state index contributed by atoms with van der Waals surface area (Å²) in [5, 5.41) is 25.9. The Morgan fingerprint density at radius 2 is 2.06 bits per heavy atom. The Hall–Kier alpha value is -3.73. The summed E-state index contributed by atoms with van der Waals surface area (Å²) in [5.41, 5.74) is 2.64. The molecule has 0 saturated carbocycles. The minimum absolute atomic E-state index is 0.0203. The largest absolute Gasteiger partial charge is 0.366 e. The van der Waals surface area contributed by atoms with Gasteiger partial charge in [-0.05, 0) is 37.8 Å². The Balaban J connectivity index is 1.62. The molecule has 8 heteroatoms. The van der Waals surface area contributed by atoms with Crippen molar-refractivity contribution in [3.05, 3.63) is 69.6 Å². The van der Waals surface area contributed by atoms with E-state index in [0.29, 0.717) is 12.2 Å². The molecule has 3 heterocycles. The molecule has 3 aromatic rings. The van der Waals surface area contributed by atoms with Gasteiger partial charge in [0, 0.05) is 36.3 Å². The molecule has 1 saturated heterocycles. The van der Waals surface area contributed by atoms with E-state index in [4.69, 9.17) is 4.52 Å². The van der Waals surface area contributed by atoms with E-state index in [1.807, 2.05) is 31.2 Å². The summed E-state index contributed by atoms with van der Waals surface area (Å²) in [4.78, 5) is 17.8. The molecule has 0 radical (unpaired) electrons. The Bertz CT molecular complexity index is 1200. The summed E-state index contributed by atoms with van der Waals surface area (Å²) in [6.07, 6.45) is 3.14. The Labute approximate surface area is 179 Å². The summed E-state index contributed by atoms with van der Waals surface area (Å²) >= 11 is 0. The van der Waals surface area contributed by atoms with Crippen molar-refractivity contribution < 1.29 is 9.45 Å². The van der Waals surface area contributed by atoms with E-state index >= 15 is 0 Å². The number of anilines is 1. The summed E-state index contributed by atoms with van der Waals surface area (Å²) in [6, 6.07) is 15.1. The van der Waals surface area contributed by atoms with Gasteiger partial charge in [-0.2, -0.15) is 10.2 Å². The van der Waals surface area contributed by atoms with E-state index in [9.17, 15) is 15.4 Å². The molecule has 2 atom stereocenters. The van der Waals surface area contributed by atoms with Crippen molar-refractivity contribution in [1.29, 1.82) is 5.26 Å². The number of hydrogen-bond donors (Lipinski definition) is 0. The minimum atomic E-state index is -1.06. The van der Waals surface area contributed by atoms with Gasteiger partial charge in [0.05, 0.1) is 17.0 Å². The molecular formula is C23H21N5O3. The average molecular weight is 415 g/mol. The molecule has 0 N–H and O–H groups in total. The maximum absolute atomic E-state index is 11.3. The van der Waals surface area contributed by atoms with Crippen LogP contribution in [0, 0.1) is 28.4 Å². The van der Waals surface area contributed by atoms with Gasteiger partial charge in [0.1, 0.15) is 0 Å². The van der Waals surface area contributed by atoms with Crippen molar-refractivity contribution >= 4 is 11.4 Å². The number of nitriles is 1. The van der Waals surface area contributed by atoms with E-state index in [0.717, 1.165) is 48.2 Å². The van der Waals surface area contributed by atoms with E-state index in [2.05, 4.69) is 21.1 Å². The number of benzene rings is 2. The summed E-state index contributed by atoms with van der Waals surface area (Å²) < 4.78 is 5.68. The first kappa shape index (κ1) is 19.2. The highest BCUT2D eigenvalue weighted by molar-refractivity contribution is 5.64. The fourth-order valence-electron chi connectivity index (χ4n) is 4.86. The Morgan fingerprint density at radius 3 is 2.81 bits per heavy atom. The van der Waals surface area contributed by atoms with Crippen LogP contribution in [0.25, 0.3) is 11.4 Å². The number of aryl methyl sites for hydroxylation is 1. The lowest BCUT2D eigenvalue weighted by Crippen LogP contribution is -2.57. The van der Waals surface area contributed by atoms with Crippen LogP contribution in [0.5, 0.6) is 0 Å². The summed E-state index contributed by atoms with van der Waals surface area (Å²) in [6.45, 7) is 2.80. The van der Waals surface area contributed by atoms with Crippen LogP contribution in [0.2, 0.25) is 0 Å². The molecule has 2 aliphatic heterocycles. The van der Waals surface area contributed by atoms with Crippen molar-refractivity contribution in [2.45, 2.75) is 44.1 Å². The second-order valence-corrected chi connectivity index (χ2v) is 8.32. The van der Waals surface area contributed by atoms with Crippen molar-refractivity contribution in [1.82, 2.24) is 10.1 Å². The average Bonchev–Trinajstić information content (AvgIpc) is 3.29. The highest BCUT2D eigenvalue weighted by Crippen LogP contribution is 2.47. The Kier molecular flexibility index (Phi) is 4.47. The fraction of sp³-hybridized carbons (Fsp3) is 0.348. The molecule has 1 aromatic heterocycles. The molecule has 0 unspecified atom stereocenters. The van der Waals surface area contributed by atoms with Crippen LogP contribution in [0.15, 0.2) is 47.0 Å². The molecule has 0 aliphatic carbocycles. The normalized spacial score (nSPS) is 22.3. The van der Waals surface area contributed by atoms with Crippen LogP contribution in [-0.4, -0.2) is 27.7 Å². The van der Waals surface area contributed by atoms with Crippen molar-refractivity contribution in [2.75, 3.05) is 11.4 Å². The molecule has 0 bridgehead atoms. The maximum atomic E-state index is 11.3. The molecule has 0 amide bonds. The monoisotopic (exact) mass is 415 g/mol. The zero-order valence-electron chi connectivity index (χ0n) is 17.1. The number of piperidine rings is 1. The van der Waals surface area contributed by atoms with E-state index < -0.39 is 10.3 Å². The van der Waals surface area contributed by atoms with Crippen molar-refractivity contribution in [3.63, 3.8) is 0 Å². The fourth-order valence-corrected chi connectivity index (χ4v) is 4.86. The van der Waals surface area contributed by atoms with Gasteiger partial charge in [0.15, 0.2) is 5.41 Å². The van der Waals surface area contributed by atoms with Crippen molar-refractivity contribution in [3.8, 4) is 17.5 Å². The molecule has 31 heavy (non-hydrogen) atoms. The number of rotatable bonds is 3. The molecular weight excluding hydrogens is 394 g/mol. The van der Waals surface area contributed by atoms with Gasteiger partial charge in [-0.15, -0.1) is 0 Å². The van der Waals surface area contributed by atoms with Crippen LogP contribution >= 0.6 is 0 Å². The van der Waals surface area contributed by atoms with Gasteiger partial charge in [0.25, 0.3) is 5.69 Å². The van der Waals surface area contributed by atoms with Crippen LogP contribution in [-0.2, 0) is 11.8 Å². The highest BCUT2D eigenvalue weighted by atomic mass is 16.6. The first-order chi connectivity index (χ1) is 15.0. The van der Waals surface area contributed by atoms with Gasteiger partial charge >= 0.3 is 0 Å². The number of aromatic nitrogens is 2. The number of non-ortho nitro benzene ring substituents is 1. The smallest absolute Gasteiger partial charge is 0.269 e. The van der Waals surface area contributed by atoms with Gasteiger partial charge in [-0.1, -0.05) is 35.0 Å². The van der Waals surface area contributed by atoms with Gasteiger partial charge in [0.2, 0.25) is 11.7 Å².